The molecule has 19 heavy (non-hydrogen) atoms. The predicted molar refractivity (Wildman–Crippen MR) is 78.0 cm³/mol. The smallest absolute Gasteiger partial charge is 0.309 e. The minimum absolute atomic E-state index is 0.340. The Balaban J connectivity index is 2.15. The number of hydrogen-bond donors (Lipinski definition) is 1. The topological polar surface area (TPSA) is 37.3 Å². The zero-order chi connectivity index (χ0) is 14.3. The minimum Gasteiger partial charge on any atom is -0.481 e. The maximum Gasteiger partial charge on any atom is 0.309 e. The number of carboxylic acid groups (broad SMARTS) is 1. The highest BCUT2D eigenvalue weighted by atomic mass is 16.4. The average molecular weight is 266 g/mol. The Morgan fingerprint density at radius 1 is 1.00 bits per heavy atom. The van der Waals surface area contributed by atoms with Crippen molar-refractivity contribution in [3.05, 3.63) is 0 Å². The summed E-state index contributed by atoms with van der Waals surface area (Å²) in [5.41, 5.74) is -0.0730. The summed E-state index contributed by atoms with van der Waals surface area (Å²) in [5, 5.41) is 9.86. The van der Waals surface area contributed by atoms with Crippen LogP contribution in [-0.2, 0) is 4.79 Å². The van der Waals surface area contributed by atoms with Crippen molar-refractivity contribution in [3.8, 4) is 0 Å². The molecule has 110 valence electrons. The Morgan fingerprint density at radius 3 is 2.05 bits per heavy atom. The Kier molecular flexibility index (Phi) is 3.99. The number of rotatable bonds is 2. The largest absolute Gasteiger partial charge is 0.481 e. The van der Waals surface area contributed by atoms with Crippen molar-refractivity contribution < 1.29 is 9.90 Å². The van der Waals surface area contributed by atoms with E-state index in [-0.39, 0.29) is 0 Å². The third-order valence-electron chi connectivity index (χ3n) is 6.30. The lowest BCUT2D eigenvalue weighted by atomic mass is 9.55. The van der Waals surface area contributed by atoms with Crippen molar-refractivity contribution >= 4 is 5.97 Å². The van der Waals surface area contributed by atoms with Gasteiger partial charge in [0.25, 0.3) is 0 Å². The second-order valence-corrected chi connectivity index (χ2v) is 8.09. The van der Waals surface area contributed by atoms with Gasteiger partial charge in [-0.15, -0.1) is 0 Å². The van der Waals surface area contributed by atoms with Crippen molar-refractivity contribution in [2.75, 3.05) is 0 Å². The number of hydrogen-bond acceptors (Lipinski definition) is 1. The van der Waals surface area contributed by atoms with Crippen LogP contribution in [0.25, 0.3) is 0 Å². The predicted octanol–water partition coefficient (Wildman–Crippen LogP) is 4.73. The Labute approximate surface area is 118 Å². The van der Waals surface area contributed by atoms with E-state index in [9.17, 15) is 9.90 Å². The first kappa shape index (κ1) is 14.9. The van der Waals surface area contributed by atoms with Gasteiger partial charge in [-0.05, 0) is 61.7 Å². The summed E-state index contributed by atoms with van der Waals surface area (Å²) < 4.78 is 0. The summed E-state index contributed by atoms with van der Waals surface area (Å²) in [5.74, 6) is 1.34. The summed E-state index contributed by atoms with van der Waals surface area (Å²) in [6.45, 7) is 9.19. The average Bonchev–Trinajstić information content (AvgIpc) is 2.33. The normalized spacial score (nSPS) is 37.8. The monoisotopic (exact) mass is 266 g/mol. The molecule has 2 fully saturated rings. The maximum absolute atomic E-state index is 12.0. The van der Waals surface area contributed by atoms with Gasteiger partial charge in [-0.25, -0.2) is 0 Å². The minimum atomic E-state index is -0.519. The van der Waals surface area contributed by atoms with Crippen molar-refractivity contribution in [1.82, 2.24) is 0 Å². The van der Waals surface area contributed by atoms with Crippen LogP contribution in [0.4, 0.5) is 0 Å². The molecular weight excluding hydrogens is 236 g/mol. The second-order valence-electron chi connectivity index (χ2n) is 8.09. The molecule has 2 nitrogen and oxygen atoms in total. The van der Waals surface area contributed by atoms with Crippen molar-refractivity contribution in [1.29, 1.82) is 0 Å². The lowest BCUT2D eigenvalue weighted by molar-refractivity contribution is -0.159. The highest BCUT2D eigenvalue weighted by molar-refractivity contribution is 5.75. The third kappa shape index (κ3) is 2.83. The summed E-state index contributed by atoms with van der Waals surface area (Å²) in [6.07, 6.45) is 7.37. The standard InChI is InChI=1S/C17H30O2/c1-12-5-6-14(11-13(12)2)17(15(18)19)9-7-16(3,4)8-10-17/h12-14H,5-11H2,1-4H3,(H,18,19). The van der Waals surface area contributed by atoms with Gasteiger partial charge >= 0.3 is 5.97 Å². The second kappa shape index (κ2) is 5.10. The molecule has 1 N–H and O–H groups in total. The molecule has 0 aromatic heterocycles. The number of carbonyl (C=O) groups is 1. The van der Waals surface area contributed by atoms with Crippen LogP contribution in [0, 0.1) is 28.6 Å². The van der Waals surface area contributed by atoms with E-state index >= 15 is 0 Å². The van der Waals surface area contributed by atoms with Crippen LogP contribution in [-0.4, -0.2) is 11.1 Å². The van der Waals surface area contributed by atoms with Crippen LogP contribution >= 0.6 is 0 Å². The molecule has 0 aromatic rings. The molecule has 3 atom stereocenters. The first-order chi connectivity index (χ1) is 8.77. The Morgan fingerprint density at radius 2 is 1.58 bits per heavy atom. The van der Waals surface area contributed by atoms with Crippen LogP contribution in [0.15, 0.2) is 0 Å². The molecule has 2 saturated carbocycles. The molecule has 0 amide bonds. The lowest BCUT2D eigenvalue weighted by Crippen LogP contribution is -2.45. The molecular formula is C17H30O2. The highest BCUT2D eigenvalue weighted by Crippen LogP contribution is 2.54. The van der Waals surface area contributed by atoms with E-state index in [1.165, 1.54) is 6.42 Å². The van der Waals surface area contributed by atoms with Crippen molar-refractivity contribution in [3.63, 3.8) is 0 Å². The van der Waals surface area contributed by atoms with Gasteiger partial charge < -0.3 is 5.11 Å². The van der Waals surface area contributed by atoms with Gasteiger partial charge in [-0.1, -0.05) is 34.1 Å². The first-order valence-electron chi connectivity index (χ1n) is 8.00. The van der Waals surface area contributed by atoms with Crippen LogP contribution in [0.1, 0.15) is 72.6 Å². The molecule has 0 saturated heterocycles. The number of carboxylic acids is 1. The van der Waals surface area contributed by atoms with Crippen LogP contribution in [0.5, 0.6) is 0 Å². The molecule has 3 unspecified atom stereocenters. The van der Waals surface area contributed by atoms with Gasteiger partial charge in [0.1, 0.15) is 0 Å². The van der Waals surface area contributed by atoms with Crippen molar-refractivity contribution in [2.45, 2.75) is 72.6 Å². The third-order valence-corrected chi connectivity index (χ3v) is 6.30. The zero-order valence-corrected chi connectivity index (χ0v) is 13.0. The van der Waals surface area contributed by atoms with Gasteiger partial charge in [0.2, 0.25) is 0 Å². The lowest BCUT2D eigenvalue weighted by Gasteiger charge is -2.48. The molecule has 0 heterocycles. The zero-order valence-electron chi connectivity index (χ0n) is 13.0. The van der Waals surface area contributed by atoms with Crippen LogP contribution < -0.4 is 0 Å². The fraction of sp³-hybridized carbons (Fsp3) is 0.941. The summed E-state index contributed by atoms with van der Waals surface area (Å²) in [4.78, 5) is 12.0. The van der Waals surface area contributed by atoms with Crippen LogP contribution in [0.3, 0.4) is 0 Å². The Bertz CT molecular complexity index is 335. The Hall–Kier alpha value is -0.530. The van der Waals surface area contributed by atoms with Gasteiger partial charge in [-0.3, -0.25) is 4.79 Å². The fourth-order valence-electron chi connectivity index (χ4n) is 4.22. The molecule has 0 aromatic carbocycles. The van der Waals surface area contributed by atoms with E-state index in [2.05, 4.69) is 27.7 Å². The van der Waals surface area contributed by atoms with Crippen LogP contribution in [0.2, 0.25) is 0 Å². The van der Waals surface area contributed by atoms with E-state index in [0.717, 1.165) is 44.4 Å². The molecule has 0 radical (unpaired) electrons. The highest BCUT2D eigenvalue weighted by Gasteiger charge is 2.50. The number of aliphatic carboxylic acids is 1. The molecule has 2 rings (SSSR count). The van der Waals surface area contributed by atoms with Gasteiger partial charge in [0, 0.05) is 0 Å². The van der Waals surface area contributed by atoms with E-state index in [4.69, 9.17) is 0 Å². The van der Waals surface area contributed by atoms with Gasteiger partial charge in [-0.2, -0.15) is 0 Å². The van der Waals surface area contributed by atoms with E-state index in [1.54, 1.807) is 0 Å². The van der Waals surface area contributed by atoms with E-state index in [1.807, 2.05) is 0 Å². The molecule has 0 aliphatic heterocycles. The fourth-order valence-corrected chi connectivity index (χ4v) is 4.22. The van der Waals surface area contributed by atoms with E-state index < -0.39 is 11.4 Å². The molecule has 2 heteroatoms. The molecule has 2 aliphatic rings. The summed E-state index contributed by atoms with van der Waals surface area (Å²) in [7, 11) is 0. The quantitative estimate of drug-likeness (QED) is 0.784. The molecule has 2 aliphatic carbocycles. The van der Waals surface area contributed by atoms with Crippen molar-refractivity contribution in [2.24, 2.45) is 28.6 Å². The summed E-state index contributed by atoms with van der Waals surface area (Å²) in [6, 6.07) is 0. The maximum atomic E-state index is 12.0. The SMILES string of the molecule is CC1CCC(C2(C(=O)O)CCC(C)(C)CC2)CC1C. The molecule has 0 bridgehead atoms. The summed E-state index contributed by atoms with van der Waals surface area (Å²) >= 11 is 0. The van der Waals surface area contributed by atoms with E-state index in [0.29, 0.717) is 17.3 Å². The van der Waals surface area contributed by atoms with Gasteiger partial charge in [0.05, 0.1) is 5.41 Å². The molecule has 0 spiro atoms. The first-order valence-corrected chi connectivity index (χ1v) is 8.00. The van der Waals surface area contributed by atoms with Gasteiger partial charge in [0.15, 0.2) is 0 Å².